The van der Waals surface area contributed by atoms with E-state index in [1.807, 2.05) is 0 Å². The molecule has 2 aliphatic carbocycles. The second kappa shape index (κ2) is 5.90. The van der Waals surface area contributed by atoms with Gasteiger partial charge in [0.1, 0.15) is 0 Å². The number of hydrogen-bond donors (Lipinski definition) is 3. The first-order chi connectivity index (χ1) is 9.02. The van der Waals surface area contributed by atoms with Crippen LogP contribution >= 0.6 is 0 Å². The van der Waals surface area contributed by atoms with Gasteiger partial charge >= 0.3 is 5.97 Å². The van der Waals surface area contributed by atoms with Crippen LogP contribution in [0.4, 0.5) is 0 Å². The minimum absolute atomic E-state index is 0.0986. The molecule has 0 saturated heterocycles. The topological polar surface area (TPSA) is 86.6 Å². The second-order valence-electron chi connectivity index (χ2n) is 6.04. The van der Waals surface area contributed by atoms with Gasteiger partial charge in [-0.2, -0.15) is 0 Å². The number of rotatable bonds is 4. The van der Waals surface area contributed by atoms with Crippen molar-refractivity contribution in [3.05, 3.63) is 0 Å². The number of carboxylic acids is 1. The highest BCUT2D eigenvalue weighted by atomic mass is 16.4. The van der Waals surface area contributed by atoms with Crippen LogP contribution in [0.15, 0.2) is 0 Å². The Balaban J connectivity index is 1.85. The predicted molar refractivity (Wildman–Crippen MR) is 69.6 cm³/mol. The van der Waals surface area contributed by atoms with Crippen molar-refractivity contribution in [2.75, 3.05) is 0 Å². The van der Waals surface area contributed by atoms with Crippen molar-refractivity contribution in [3.8, 4) is 0 Å². The van der Waals surface area contributed by atoms with Crippen molar-refractivity contribution in [2.24, 2.45) is 5.41 Å². The third-order valence-corrected chi connectivity index (χ3v) is 4.58. The van der Waals surface area contributed by atoms with Crippen LogP contribution in [0.5, 0.6) is 0 Å². The van der Waals surface area contributed by atoms with Gasteiger partial charge in [0.2, 0.25) is 5.91 Å². The lowest BCUT2D eigenvalue weighted by Crippen LogP contribution is -2.42. The van der Waals surface area contributed by atoms with E-state index in [2.05, 4.69) is 5.32 Å². The number of aliphatic carboxylic acids is 1. The zero-order valence-corrected chi connectivity index (χ0v) is 11.2. The normalized spacial score (nSPS) is 29.9. The van der Waals surface area contributed by atoms with E-state index < -0.39 is 11.4 Å². The summed E-state index contributed by atoms with van der Waals surface area (Å²) in [6.45, 7) is 0. The summed E-state index contributed by atoms with van der Waals surface area (Å²) in [5, 5.41) is 21.7. The molecular weight excluding hydrogens is 246 g/mol. The molecule has 0 radical (unpaired) electrons. The Morgan fingerprint density at radius 2 is 1.68 bits per heavy atom. The highest BCUT2D eigenvalue weighted by molar-refractivity contribution is 5.85. The van der Waals surface area contributed by atoms with E-state index in [0.29, 0.717) is 12.8 Å². The van der Waals surface area contributed by atoms with Crippen LogP contribution in [-0.4, -0.2) is 34.2 Å². The van der Waals surface area contributed by atoms with E-state index in [1.54, 1.807) is 0 Å². The molecule has 2 aliphatic rings. The van der Waals surface area contributed by atoms with Gasteiger partial charge in [-0.25, -0.2) is 0 Å². The molecule has 0 spiro atoms. The molecule has 3 N–H and O–H groups in total. The van der Waals surface area contributed by atoms with Gasteiger partial charge in [0.15, 0.2) is 0 Å². The maximum Gasteiger partial charge on any atom is 0.310 e. The number of nitrogens with one attached hydrogen (secondary N) is 1. The van der Waals surface area contributed by atoms with E-state index >= 15 is 0 Å². The van der Waals surface area contributed by atoms with E-state index in [1.165, 1.54) is 0 Å². The zero-order valence-electron chi connectivity index (χ0n) is 11.2. The molecule has 2 saturated carbocycles. The molecule has 108 valence electrons. The predicted octanol–water partition coefficient (Wildman–Crippen LogP) is 1.44. The Bertz CT molecular complexity index is 341. The second-order valence-corrected chi connectivity index (χ2v) is 6.04. The van der Waals surface area contributed by atoms with Gasteiger partial charge in [0.25, 0.3) is 0 Å². The maximum absolute atomic E-state index is 12.0. The molecule has 5 heteroatoms. The van der Waals surface area contributed by atoms with Crippen LogP contribution in [0.25, 0.3) is 0 Å². The summed E-state index contributed by atoms with van der Waals surface area (Å²) in [4.78, 5) is 23.4. The van der Waals surface area contributed by atoms with E-state index in [9.17, 15) is 19.8 Å². The standard InChI is InChI=1S/C14H23NO4/c16-11-5-3-10(4-6-11)15-12(17)9-14(13(18)19)7-1-2-8-14/h10-11,16H,1-9H2,(H,15,17)(H,18,19). The average Bonchev–Trinajstić information content (AvgIpc) is 2.82. The molecule has 0 aromatic heterocycles. The Morgan fingerprint density at radius 3 is 2.21 bits per heavy atom. The Hall–Kier alpha value is -1.10. The van der Waals surface area contributed by atoms with E-state index in [-0.39, 0.29) is 24.5 Å². The average molecular weight is 269 g/mol. The number of hydrogen-bond acceptors (Lipinski definition) is 3. The number of carbonyl (C=O) groups excluding carboxylic acids is 1. The molecule has 0 aliphatic heterocycles. The molecule has 0 heterocycles. The SMILES string of the molecule is O=C(CC1(C(=O)O)CCCC1)NC1CCC(O)CC1. The molecule has 1 amide bonds. The van der Waals surface area contributed by atoms with Crippen LogP contribution < -0.4 is 5.32 Å². The van der Waals surface area contributed by atoms with Gasteiger partial charge in [-0.05, 0) is 38.5 Å². The summed E-state index contributed by atoms with van der Waals surface area (Å²) in [5.74, 6) is -0.982. The first-order valence-corrected chi connectivity index (χ1v) is 7.23. The van der Waals surface area contributed by atoms with Crippen LogP contribution in [-0.2, 0) is 9.59 Å². The fourth-order valence-electron chi connectivity index (χ4n) is 3.32. The molecular formula is C14H23NO4. The Morgan fingerprint density at radius 1 is 1.11 bits per heavy atom. The quantitative estimate of drug-likeness (QED) is 0.720. The summed E-state index contributed by atoms with van der Waals surface area (Å²) in [6.07, 6.45) is 5.88. The molecule has 2 rings (SSSR count). The van der Waals surface area contributed by atoms with Crippen LogP contribution in [0.2, 0.25) is 0 Å². The van der Waals surface area contributed by atoms with Crippen molar-refractivity contribution >= 4 is 11.9 Å². The third kappa shape index (κ3) is 3.47. The number of carbonyl (C=O) groups is 2. The highest BCUT2D eigenvalue weighted by Gasteiger charge is 2.43. The highest BCUT2D eigenvalue weighted by Crippen LogP contribution is 2.41. The maximum atomic E-state index is 12.0. The van der Waals surface area contributed by atoms with Crippen LogP contribution in [0.3, 0.4) is 0 Å². The van der Waals surface area contributed by atoms with Gasteiger partial charge in [-0.15, -0.1) is 0 Å². The van der Waals surface area contributed by atoms with Crippen molar-refractivity contribution in [2.45, 2.75) is 69.9 Å². The third-order valence-electron chi connectivity index (χ3n) is 4.58. The lowest BCUT2D eigenvalue weighted by Gasteiger charge is -2.28. The number of aliphatic hydroxyl groups excluding tert-OH is 1. The van der Waals surface area contributed by atoms with Gasteiger partial charge in [-0.3, -0.25) is 9.59 Å². The minimum Gasteiger partial charge on any atom is -0.481 e. The summed E-state index contributed by atoms with van der Waals surface area (Å²) in [6, 6.07) is 0.100. The first-order valence-electron chi connectivity index (χ1n) is 7.23. The lowest BCUT2D eigenvalue weighted by atomic mass is 9.82. The van der Waals surface area contributed by atoms with Gasteiger partial charge in [0, 0.05) is 12.5 Å². The monoisotopic (exact) mass is 269 g/mol. The summed E-state index contributed by atoms with van der Waals surface area (Å²) in [5.41, 5.74) is -0.835. The molecule has 0 aromatic rings. The fourth-order valence-corrected chi connectivity index (χ4v) is 3.32. The smallest absolute Gasteiger partial charge is 0.310 e. The number of amides is 1. The fraction of sp³-hybridized carbons (Fsp3) is 0.857. The van der Waals surface area contributed by atoms with Gasteiger partial charge < -0.3 is 15.5 Å². The van der Waals surface area contributed by atoms with Crippen LogP contribution in [0, 0.1) is 5.41 Å². The summed E-state index contributed by atoms with van der Waals surface area (Å²) < 4.78 is 0. The number of aliphatic hydroxyl groups is 1. The molecule has 0 aromatic carbocycles. The summed E-state index contributed by atoms with van der Waals surface area (Å²) in [7, 11) is 0. The van der Waals surface area contributed by atoms with Gasteiger partial charge in [0.05, 0.1) is 11.5 Å². The van der Waals surface area contributed by atoms with Crippen molar-refractivity contribution < 1.29 is 19.8 Å². The Labute approximate surface area is 113 Å². The van der Waals surface area contributed by atoms with Crippen molar-refractivity contribution in [1.29, 1.82) is 0 Å². The molecule has 0 atom stereocenters. The number of carboxylic acid groups (broad SMARTS) is 1. The molecule has 0 bridgehead atoms. The van der Waals surface area contributed by atoms with Gasteiger partial charge in [-0.1, -0.05) is 12.8 Å². The first kappa shape index (κ1) is 14.3. The minimum atomic E-state index is -0.835. The van der Waals surface area contributed by atoms with Crippen molar-refractivity contribution in [1.82, 2.24) is 5.32 Å². The molecule has 0 unspecified atom stereocenters. The molecule has 5 nitrogen and oxygen atoms in total. The lowest BCUT2D eigenvalue weighted by molar-refractivity contribution is -0.151. The van der Waals surface area contributed by atoms with Crippen LogP contribution in [0.1, 0.15) is 57.8 Å². The zero-order chi connectivity index (χ0) is 13.9. The largest absolute Gasteiger partial charge is 0.481 e. The van der Waals surface area contributed by atoms with E-state index in [0.717, 1.165) is 38.5 Å². The van der Waals surface area contributed by atoms with Crippen molar-refractivity contribution in [3.63, 3.8) is 0 Å². The Kier molecular flexibility index (Phi) is 4.45. The summed E-state index contributed by atoms with van der Waals surface area (Å²) >= 11 is 0. The molecule has 2 fully saturated rings. The molecule has 19 heavy (non-hydrogen) atoms. The van der Waals surface area contributed by atoms with E-state index in [4.69, 9.17) is 0 Å².